The van der Waals surface area contributed by atoms with Crippen LogP contribution in [0.15, 0.2) is 36.4 Å². The number of aromatic nitrogens is 1. The van der Waals surface area contributed by atoms with E-state index in [2.05, 4.69) is 24.6 Å². The molecule has 1 unspecified atom stereocenters. The van der Waals surface area contributed by atoms with Gasteiger partial charge in [-0.1, -0.05) is 13.0 Å². The highest BCUT2D eigenvalue weighted by molar-refractivity contribution is 7.92. The van der Waals surface area contributed by atoms with Crippen molar-refractivity contribution in [1.29, 1.82) is 5.26 Å². The van der Waals surface area contributed by atoms with Gasteiger partial charge in [-0.25, -0.2) is 8.42 Å². The van der Waals surface area contributed by atoms with Crippen LogP contribution in [-0.2, 0) is 16.6 Å². The van der Waals surface area contributed by atoms with Crippen molar-refractivity contribution in [2.75, 3.05) is 17.6 Å². The second-order valence-electron chi connectivity index (χ2n) is 6.69. The van der Waals surface area contributed by atoms with E-state index in [1.54, 1.807) is 13.2 Å². The molecule has 0 amide bonds. The highest BCUT2D eigenvalue weighted by Crippen LogP contribution is 2.35. The summed E-state index contributed by atoms with van der Waals surface area (Å²) in [6.45, 7) is 4.53. The van der Waals surface area contributed by atoms with Crippen LogP contribution in [0.4, 0.5) is 5.69 Å². The summed E-state index contributed by atoms with van der Waals surface area (Å²) in [5.74, 6) is 0.803. The van der Waals surface area contributed by atoms with Gasteiger partial charge in [-0.05, 0) is 42.9 Å². The molecule has 1 N–H and O–H groups in total. The number of benzene rings is 2. The Labute approximate surface area is 173 Å². The molecule has 3 rings (SSSR count). The number of sulfonamides is 1. The van der Waals surface area contributed by atoms with E-state index in [4.69, 9.17) is 4.74 Å². The number of hydrogen-bond acceptors (Lipinski definition) is 4. The first-order chi connectivity index (χ1) is 13.8. The van der Waals surface area contributed by atoms with Crippen LogP contribution in [0.3, 0.4) is 0 Å². The summed E-state index contributed by atoms with van der Waals surface area (Å²) in [6, 6.07) is 13.5. The standard InChI is InChI=1S/C21H24N3O3PS/c1-4-10-29(25,26)23-18-9-6-14(11-20(18)28)21-17(13-22)16-8-7-15(27-3)12-19(16)24(21)5-2/h6-9,11-12,23H,4-5,10,28H2,1-3H3. The molecule has 0 bridgehead atoms. The molecule has 1 aromatic heterocycles. The summed E-state index contributed by atoms with van der Waals surface area (Å²) in [5, 5.41) is 11.4. The third-order valence-electron chi connectivity index (χ3n) is 4.76. The molecule has 0 fully saturated rings. The Balaban J connectivity index is 2.16. The highest BCUT2D eigenvalue weighted by atomic mass is 32.2. The molecule has 0 aliphatic rings. The zero-order valence-corrected chi connectivity index (χ0v) is 18.7. The number of nitriles is 1. The van der Waals surface area contributed by atoms with Gasteiger partial charge >= 0.3 is 0 Å². The number of rotatable bonds is 7. The SMILES string of the molecule is CCCS(=O)(=O)Nc1ccc(-c2c(C#N)c3ccc(OC)cc3n2CC)cc1P. The predicted octanol–water partition coefficient (Wildman–Crippen LogP) is 3.86. The van der Waals surface area contributed by atoms with Gasteiger partial charge < -0.3 is 9.30 Å². The van der Waals surface area contributed by atoms with Crippen LogP contribution in [0.2, 0.25) is 0 Å². The largest absolute Gasteiger partial charge is 0.497 e. The van der Waals surface area contributed by atoms with E-state index in [-0.39, 0.29) is 5.75 Å². The lowest BCUT2D eigenvalue weighted by atomic mass is 10.1. The molecule has 1 heterocycles. The first kappa shape index (κ1) is 21.2. The van der Waals surface area contributed by atoms with Crippen molar-refractivity contribution >= 4 is 41.2 Å². The quantitative estimate of drug-likeness (QED) is 0.578. The van der Waals surface area contributed by atoms with Crippen molar-refractivity contribution in [1.82, 2.24) is 4.57 Å². The Bertz CT molecular complexity index is 1210. The number of nitrogens with zero attached hydrogens (tertiary/aromatic N) is 2. The van der Waals surface area contributed by atoms with Crippen LogP contribution in [0, 0.1) is 11.3 Å². The summed E-state index contributed by atoms with van der Waals surface area (Å²) >= 11 is 0. The van der Waals surface area contributed by atoms with Crippen molar-refractivity contribution in [3.63, 3.8) is 0 Å². The minimum absolute atomic E-state index is 0.0728. The highest BCUT2D eigenvalue weighted by Gasteiger charge is 2.19. The first-order valence-electron chi connectivity index (χ1n) is 9.35. The van der Waals surface area contributed by atoms with Crippen LogP contribution in [0.5, 0.6) is 5.75 Å². The van der Waals surface area contributed by atoms with Gasteiger partial charge in [-0.3, -0.25) is 4.72 Å². The lowest BCUT2D eigenvalue weighted by molar-refractivity contribution is 0.415. The Morgan fingerprint density at radius 1 is 1.21 bits per heavy atom. The smallest absolute Gasteiger partial charge is 0.232 e. The molecule has 6 nitrogen and oxygen atoms in total. The van der Waals surface area contributed by atoms with E-state index in [0.717, 1.165) is 33.2 Å². The molecule has 0 saturated carbocycles. The molecule has 8 heteroatoms. The normalized spacial score (nSPS) is 11.4. The molecule has 0 saturated heterocycles. The molecule has 1 atom stereocenters. The second-order valence-corrected chi connectivity index (χ2v) is 9.15. The van der Waals surface area contributed by atoms with Crippen LogP contribution < -0.4 is 14.8 Å². The molecule has 0 radical (unpaired) electrons. The number of fused-ring (bicyclic) bond motifs is 1. The van der Waals surface area contributed by atoms with E-state index >= 15 is 0 Å². The van der Waals surface area contributed by atoms with Gasteiger partial charge in [0.15, 0.2) is 0 Å². The van der Waals surface area contributed by atoms with E-state index in [1.807, 2.05) is 44.2 Å². The van der Waals surface area contributed by atoms with Gasteiger partial charge in [0, 0.05) is 23.6 Å². The fourth-order valence-electron chi connectivity index (χ4n) is 3.49. The fourth-order valence-corrected chi connectivity index (χ4v) is 5.10. The van der Waals surface area contributed by atoms with E-state index < -0.39 is 10.0 Å². The molecule has 2 aromatic carbocycles. The molecular formula is C21H24N3O3PS. The van der Waals surface area contributed by atoms with E-state index in [1.165, 1.54) is 0 Å². The fraction of sp³-hybridized carbons (Fsp3) is 0.286. The maximum atomic E-state index is 12.1. The zero-order chi connectivity index (χ0) is 21.2. The molecule has 29 heavy (non-hydrogen) atoms. The lowest BCUT2D eigenvalue weighted by Gasteiger charge is -2.13. The first-order valence-corrected chi connectivity index (χ1v) is 11.6. The van der Waals surface area contributed by atoms with Crippen molar-refractivity contribution in [2.24, 2.45) is 0 Å². The van der Waals surface area contributed by atoms with Crippen molar-refractivity contribution < 1.29 is 13.2 Å². The maximum Gasteiger partial charge on any atom is 0.232 e. The van der Waals surface area contributed by atoms with Crippen molar-refractivity contribution in [3.8, 4) is 23.1 Å². The minimum Gasteiger partial charge on any atom is -0.497 e. The third kappa shape index (κ3) is 4.10. The molecule has 152 valence electrons. The summed E-state index contributed by atoms with van der Waals surface area (Å²) in [5.41, 5.74) is 3.70. The molecule has 0 aliphatic carbocycles. The molecular weight excluding hydrogens is 405 g/mol. The van der Waals surface area contributed by atoms with Gasteiger partial charge in [0.2, 0.25) is 10.0 Å². The Morgan fingerprint density at radius 3 is 2.55 bits per heavy atom. The molecule has 0 spiro atoms. The van der Waals surface area contributed by atoms with Crippen LogP contribution in [-0.4, -0.2) is 25.8 Å². The van der Waals surface area contributed by atoms with Crippen LogP contribution in [0.1, 0.15) is 25.8 Å². The lowest BCUT2D eigenvalue weighted by Crippen LogP contribution is -2.19. The van der Waals surface area contributed by atoms with Gasteiger partial charge in [0.1, 0.15) is 11.8 Å². The third-order valence-corrected chi connectivity index (χ3v) is 6.72. The zero-order valence-electron chi connectivity index (χ0n) is 16.7. The Morgan fingerprint density at radius 2 is 1.97 bits per heavy atom. The predicted molar refractivity (Wildman–Crippen MR) is 121 cm³/mol. The van der Waals surface area contributed by atoms with Crippen LogP contribution in [0.25, 0.3) is 22.2 Å². The number of hydrogen-bond donors (Lipinski definition) is 1. The average Bonchev–Trinajstić information content (AvgIpc) is 3.01. The van der Waals surface area contributed by atoms with E-state index in [9.17, 15) is 13.7 Å². The molecule has 0 aliphatic heterocycles. The number of methoxy groups -OCH3 is 1. The Hall–Kier alpha value is -2.55. The minimum atomic E-state index is -3.37. The molecule has 3 aromatic rings. The summed E-state index contributed by atoms with van der Waals surface area (Å²) in [4.78, 5) is 0. The monoisotopic (exact) mass is 429 g/mol. The maximum absolute atomic E-state index is 12.1. The number of aryl methyl sites for hydroxylation is 1. The van der Waals surface area contributed by atoms with Gasteiger partial charge in [-0.2, -0.15) is 5.26 Å². The summed E-state index contributed by atoms with van der Waals surface area (Å²) in [7, 11) is 0.819. The van der Waals surface area contributed by atoms with Crippen molar-refractivity contribution in [2.45, 2.75) is 26.8 Å². The Kier molecular flexibility index (Phi) is 6.16. The topological polar surface area (TPSA) is 84.1 Å². The van der Waals surface area contributed by atoms with Crippen molar-refractivity contribution in [3.05, 3.63) is 42.0 Å². The second kappa shape index (κ2) is 8.44. The average molecular weight is 429 g/mol. The van der Waals surface area contributed by atoms with Crippen LogP contribution >= 0.6 is 9.24 Å². The summed E-state index contributed by atoms with van der Waals surface area (Å²) < 4.78 is 34.3. The number of anilines is 1. The summed E-state index contributed by atoms with van der Waals surface area (Å²) in [6.07, 6.45) is 0.547. The number of nitrogens with one attached hydrogen (secondary N) is 1. The number of ether oxygens (including phenoxy) is 1. The van der Waals surface area contributed by atoms with E-state index in [0.29, 0.717) is 24.2 Å². The van der Waals surface area contributed by atoms with Gasteiger partial charge in [0.25, 0.3) is 0 Å². The van der Waals surface area contributed by atoms with Gasteiger partial charge in [0.05, 0.1) is 35.3 Å². The van der Waals surface area contributed by atoms with Gasteiger partial charge in [-0.15, -0.1) is 9.24 Å².